The van der Waals surface area contributed by atoms with Crippen LogP contribution in [0.2, 0.25) is 0 Å². The van der Waals surface area contributed by atoms with E-state index in [0.29, 0.717) is 28.5 Å². The summed E-state index contributed by atoms with van der Waals surface area (Å²) in [7, 11) is 0. The van der Waals surface area contributed by atoms with E-state index in [1.165, 1.54) is 18.2 Å². The number of aromatic carboxylic acids is 1. The van der Waals surface area contributed by atoms with E-state index in [9.17, 15) is 14.3 Å². The molecule has 1 saturated heterocycles. The molecule has 160 valence electrons. The predicted octanol–water partition coefficient (Wildman–Crippen LogP) is 4.91. The minimum Gasteiger partial charge on any atom is -0.478 e. The number of hydrogen-bond acceptors (Lipinski definition) is 5. The zero-order chi connectivity index (χ0) is 22.1. The van der Waals surface area contributed by atoms with Gasteiger partial charge in [-0.3, -0.25) is 4.98 Å². The van der Waals surface area contributed by atoms with Crippen LogP contribution in [0.3, 0.4) is 0 Å². The van der Waals surface area contributed by atoms with Gasteiger partial charge in [0, 0.05) is 36.5 Å². The molecule has 0 unspecified atom stereocenters. The van der Waals surface area contributed by atoms with Crippen molar-refractivity contribution < 1.29 is 14.3 Å². The van der Waals surface area contributed by atoms with Crippen molar-refractivity contribution in [3.8, 4) is 11.3 Å². The number of anilines is 1. The molecule has 5 rings (SSSR count). The lowest BCUT2D eigenvalue weighted by Crippen LogP contribution is -2.34. The fraction of sp³-hybridized carbons (Fsp3) is 0.200. The molecule has 3 heterocycles. The largest absolute Gasteiger partial charge is 0.478 e. The van der Waals surface area contributed by atoms with E-state index in [1.54, 1.807) is 24.3 Å². The number of fused-ring (bicyclic) bond motifs is 1. The van der Waals surface area contributed by atoms with Gasteiger partial charge in [0.05, 0.1) is 16.6 Å². The van der Waals surface area contributed by atoms with Crippen LogP contribution in [0.4, 0.5) is 10.2 Å². The number of carboxylic acid groups (broad SMARTS) is 1. The summed E-state index contributed by atoms with van der Waals surface area (Å²) in [6, 6.07) is 16.9. The molecule has 0 bridgehead atoms. The zero-order valence-corrected chi connectivity index (χ0v) is 17.3. The molecule has 0 radical (unpaired) electrons. The summed E-state index contributed by atoms with van der Waals surface area (Å²) in [6.07, 6.45) is 3.67. The maximum atomic E-state index is 13.5. The molecule has 32 heavy (non-hydrogen) atoms. The van der Waals surface area contributed by atoms with E-state index in [2.05, 4.69) is 16.0 Å². The van der Waals surface area contributed by atoms with Gasteiger partial charge < -0.3 is 10.0 Å². The number of nitrogens with zero attached hydrogens (tertiary/aromatic N) is 4. The molecule has 0 atom stereocenters. The molecule has 4 aromatic rings. The predicted molar refractivity (Wildman–Crippen MR) is 120 cm³/mol. The number of pyridine rings is 1. The average Bonchev–Trinajstić information content (AvgIpc) is 2.84. The number of piperidine rings is 1. The average molecular weight is 428 g/mol. The Balaban J connectivity index is 1.54. The van der Waals surface area contributed by atoms with Crippen LogP contribution in [0.1, 0.15) is 34.8 Å². The van der Waals surface area contributed by atoms with Crippen LogP contribution in [0.25, 0.3) is 22.3 Å². The highest BCUT2D eigenvalue weighted by Crippen LogP contribution is 2.34. The van der Waals surface area contributed by atoms with Crippen LogP contribution >= 0.6 is 0 Å². The first-order valence-electron chi connectivity index (χ1n) is 10.6. The van der Waals surface area contributed by atoms with Crippen LogP contribution in [0, 0.1) is 5.82 Å². The second kappa shape index (κ2) is 8.34. The number of aromatic nitrogens is 3. The molecule has 2 aromatic carbocycles. The maximum Gasteiger partial charge on any atom is 0.335 e. The molecule has 6 nitrogen and oxygen atoms in total. The van der Waals surface area contributed by atoms with E-state index >= 15 is 0 Å². The Labute approximate surface area is 184 Å². The summed E-state index contributed by atoms with van der Waals surface area (Å²) in [5.41, 5.74) is 3.82. The number of hydrogen-bond donors (Lipinski definition) is 1. The summed E-state index contributed by atoms with van der Waals surface area (Å²) < 4.78 is 13.5. The van der Waals surface area contributed by atoms with Gasteiger partial charge in [0.25, 0.3) is 0 Å². The van der Waals surface area contributed by atoms with Crippen molar-refractivity contribution in [3.63, 3.8) is 0 Å². The van der Waals surface area contributed by atoms with E-state index in [4.69, 9.17) is 9.97 Å². The Morgan fingerprint density at radius 3 is 2.44 bits per heavy atom. The molecule has 0 saturated carbocycles. The SMILES string of the molecule is O=C(O)c1ccc2nc(-c3ccc(F)cc3)c(N3CCC(c4ccccn4)CC3)nc2c1. The Hall–Kier alpha value is -3.87. The van der Waals surface area contributed by atoms with E-state index in [-0.39, 0.29) is 11.4 Å². The van der Waals surface area contributed by atoms with Crippen molar-refractivity contribution in [2.75, 3.05) is 18.0 Å². The first kappa shape index (κ1) is 20.1. The second-order valence-corrected chi connectivity index (χ2v) is 7.93. The zero-order valence-electron chi connectivity index (χ0n) is 17.3. The van der Waals surface area contributed by atoms with Crippen molar-refractivity contribution in [2.45, 2.75) is 18.8 Å². The van der Waals surface area contributed by atoms with Crippen LogP contribution in [-0.2, 0) is 0 Å². The van der Waals surface area contributed by atoms with Crippen LogP contribution < -0.4 is 4.90 Å². The molecule has 1 N–H and O–H groups in total. The first-order chi connectivity index (χ1) is 15.6. The molecule has 0 spiro atoms. The summed E-state index contributed by atoms with van der Waals surface area (Å²) >= 11 is 0. The molecular weight excluding hydrogens is 407 g/mol. The summed E-state index contributed by atoms with van der Waals surface area (Å²) in [5.74, 6) is -0.250. The summed E-state index contributed by atoms with van der Waals surface area (Å²) in [6.45, 7) is 1.54. The minimum atomic E-state index is -1.01. The van der Waals surface area contributed by atoms with Gasteiger partial charge in [0.15, 0.2) is 5.82 Å². The molecule has 1 fully saturated rings. The van der Waals surface area contributed by atoms with Gasteiger partial charge in [-0.05, 0) is 67.4 Å². The molecule has 7 heteroatoms. The second-order valence-electron chi connectivity index (χ2n) is 7.93. The first-order valence-corrected chi connectivity index (χ1v) is 10.6. The maximum absolute atomic E-state index is 13.5. The van der Waals surface area contributed by atoms with Gasteiger partial charge in [-0.25, -0.2) is 19.2 Å². The van der Waals surface area contributed by atoms with Crippen molar-refractivity contribution in [3.05, 3.63) is 83.9 Å². The van der Waals surface area contributed by atoms with Gasteiger partial charge in [-0.15, -0.1) is 0 Å². The molecule has 1 aliphatic heterocycles. The highest BCUT2D eigenvalue weighted by molar-refractivity contribution is 5.93. The Bertz CT molecular complexity index is 1270. The lowest BCUT2D eigenvalue weighted by atomic mass is 9.93. The number of benzene rings is 2. The Morgan fingerprint density at radius 1 is 0.969 bits per heavy atom. The summed E-state index contributed by atoms with van der Waals surface area (Å²) in [4.78, 5) is 27.7. The molecular formula is C25H21FN4O2. The molecule has 0 aliphatic carbocycles. The van der Waals surface area contributed by atoms with Crippen LogP contribution in [-0.4, -0.2) is 39.1 Å². The topological polar surface area (TPSA) is 79.2 Å². The monoisotopic (exact) mass is 428 g/mol. The number of halogens is 1. The third-order valence-electron chi connectivity index (χ3n) is 5.91. The lowest BCUT2D eigenvalue weighted by molar-refractivity contribution is 0.0697. The third kappa shape index (κ3) is 3.89. The fourth-order valence-corrected chi connectivity index (χ4v) is 4.20. The quantitative estimate of drug-likeness (QED) is 0.497. The minimum absolute atomic E-state index is 0.168. The van der Waals surface area contributed by atoms with Crippen LogP contribution in [0.5, 0.6) is 0 Å². The molecule has 1 aliphatic rings. The fourth-order valence-electron chi connectivity index (χ4n) is 4.20. The Kier molecular flexibility index (Phi) is 5.23. The van der Waals surface area contributed by atoms with E-state index in [0.717, 1.165) is 37.2 Å². The van der Waals surface area contributed by atoms with Gasteiger partial charge in [-0.1, -0.05) is 6.07 Å². The standard InChI is InChI=1S/C25H21FN4O2/c26-19-7-4-17(5-8-19)23-24(29-22-15-18(25(31)32)6-9-21(22)28-23)30-13-10-16(11-14-30)20-3-1-2-12-27-20/h1-9,12,15-16H,10-11,13-14H2,(H,31,32). The number of carbonyl (C=O) groups is 1. The van der Waals surface area contributed by atoms with Crippen molar-refractivity contribution in [2.24, 2.45) is 0 Å². The van der Waals surface area contributed by atoms with Gasteiger partial charge in [-0.2, -0.15) is 0 Å². The van der Waals surface area contributed by atoms with Crippen molar-refractivity contribution in [1.82, 2.24) is 15.0 Å². The highest BCUT2D eigenvalue weighted by atomic mass is 19.1. The molecule has 0 amide bonds. The van der Waals surface area contributed by atoms with E-state index < -0.39 is 5.97 Å². The third-order valence-corrected chi connectivity index (χ3v) is 5.91. The normalized spacial score (nSPS) is 14.6. The number of rotatable bonds is 4. The van der Waals surface area contributed by atoms with Crippen LogP contribution in [0.15, 0.2) is 66.9 Å². The number of carboxylic acids is 1. The van der Waals surface area contributed by atoms with Gasteiger partial charge >= 0.3 is 5.97 Å². The lowest BCUT2D eigenvalue weighted by Gasteiger charge is -2.33. The highest BCUT2D eigenvalue weighted by Gasteiger charge is 2.25. The Morgan fingerprint density at radius 2 is 1.75 bits per heavy atom. The van der Waals surface area contributed by atoms with E-state index in [1.807, 2.05) is 18.3 Å². The van der Waals surface area contributed by atoms with Gasteiger partial charge in [0.2, 0.25) is 0 Å². The van der Waals surface area contributed by atoms with Crippen molar-refractivity contribution >= 4 is 22.8 Å². The van der Waals surface area contributed by atoms with Crippen molar-refractivity contribution in [1.29, 1.82) is 0 Å². The summed E-state index contributed by atoms with van der Waals surface area (Å²) in [5, 5.41) is 9.36. The molecule has 2 aromatic heterocycles. The smallest absolute Gasteiger partial charge is 0.335 e. The van der Waals surface area contributed by atoms with Gasteiger partial charge in [0.1, 0.15) is 11.5 Å².